The first-order valence-electron chi connectivity index (χ1n) is 7.74. The van der Waals surface area contributed by atoms with E-state index < -0.39 is 0 Å². The van der Waals surface area contributed by atoms with Gasteiger partial charge in [-0.05, 0) is 37.6 Å². The number of hydrogen-bond donors (Lipinski definition) is 1. The van der Waals surface area contributed by atoms with Crippen molar-refractivity contribution >= 4 is 11.6 Å². The number of rotatable bonds is 3. The minimum absolute atomic E-state index is 0.341. The van der Waals surface area contributed by atoms with Crippen LogP contribution in [0.3, 0.4) is 0 Å². The van der Waals surface area contributed by atoms with Crippen LogP contribution in [0.4, 0.5) is 0 Å². The lowest BCUT2D eigenvalue weighted by Crippen LogP contribution is -2.51. The maximum atomic E-state index is 9.97. The summed E-state index contributed by atoms with van der Waals surface area (Å²) in [5.41, 5.74) is 0.921. The fraction of sp³-hybridized carbons (Fsp3) is 0.625. The van der Waals surface area contributed by atoms with Crippen LogP contribution in [-0.4, -0.2) is 60.3 Å². The second-order valence-corrected chi connectivity index (χ2v) is 6.39. The molecular weight excluding hydrogens is 288 g/mol. The number of halogens is 1. The van der Waals surface area contributed by atoms with Gasteiger partial charge in [0.1, 0.15) is 5.75 Å². The van der Waals surface area contributed by atoms with Gasteiger partial charge in [0, 0.05) is 42.8 Å². The highest BCUT2D eigenvalue weighted by Gasteiger charge is 2.26. The van der Waals surface area contributed by atoms with E-state index >= 15 is 0 Å². The number of phenols is 1. The summed E-state index contributed by atoms with van der Waals surface area (Å²) >= 11 is 6.03. The van der Waals surface area contributed by atoms with Crippen LogP contribution in [0.5, 0.6) is 5.75 Å². The molecule has 1 atom stereocenters. The number of benzene rings is 1. The van der Waals surface area contributed by atoms with Gasteiger partial charge in [0.05, 0.1) is 13.2 Å². The van der Waals surface area contributed by atoms with Crippen LogP contribution in [0.15, 0.2) is 18.2 Å². The molecule has 0 radical (unpaired) electrons. The number of hydrogen-bond acceptors (Lipinski definition) is 4. The predicted molar refractivity (Wildman–Crippen MR) is 83.8 cm³/mol. The highest BCUT2D eigenvalue weighted by atomic mass is 35.5. The summed E-state index contributed by atoms with van der Waals surface area (Å²) < 4.78 is 5.44. The lowest BCUT2D eigenvalue weighted by Gasteiger charge is -2.41. The second-order valence-electron chi connectivity index (χ2n) is 5.95. The van der Waals surface area contributed by atoms with E-state index in [1.165, 1.54) is 12.8 Å². The molecule has 0 saturated carbocycles. The van der Waals surface area contributed by atoms with Crippen LogP contribution in [0, 0.1) is 0 Å². The summed E-state index contributed by atoms with van der Waals surface area (Å²) in [5.74, 6) is 0.341. The van der Waals surface area contributed by atoms with Crippen molar-refractivity contribution in [1.29, 1.82) is 0 Å². The lowest BCUT2D eigenvalue weighted by molar-refractivity contribution is -0.00364. The summed E-state index contributed by atoms with van der Waals surface area (Å²) in [7, 11) is 0. The highest BCUT2D eigenvalue weighted by molar-refractivity contribution is 6.30. The average Bonchev–Trinajstić information content (AvgIpc) is 2.52. The normalized spacial score (nSPS) is 25.1. The summed E-state index contributed by atoms with van der Waals surface area (Å²) in [4.78, 5) is 4.97. The second kappa shape index (κ2) is 6.97. The highest BCUT2D eigenvalue weighted by Crippen LogP contribution is 2.25. The molecule has 2 saturated heterocycles. The Bertz CT molecular complexity index is 477. The third kappa shape index (κ3) is 3.89. The minimum atomic E-state index is 0.341. The van der Waals surface area contributed by atoms with Crippen molar-refractivity contribution in [2.75, 3.05) is 39.4 Å². The monoisotopic (exact) mass is 310 g/mol. The number of piperidine rings is 1. The SMILES string of the molecule is Oc1ccc(Cl)cc1CN1CCC[C@H](N2CCOCC2)C1. The molecule has 0 unspecified atom stereocenters. The zero-order valence-electron chi connectivity index (χ0n) is 12.3. The van der Waals surface area contributed by atoms with Crippen molar-refractivity contribution in [3.05, 3.63) is 28.8 Å². The van der Waals surface area contributed by atoms with Crippen LogP contribution < -0.4 is 0 Å². The number of likely N-dealkylation sites (tertiary alicyclic amines) is 1. The summed E-state index contributed by atoms with van der Waals surface area (Å²) in [6.07, 6.45) is 2.47. The number of ether oxygens (including phenoxy) is 1. The maximum absolute atomic E-state index is 9.97. The lowest BCUT2D eigenvalue weighted by atomic mass is 10.0. The molecule has 2 fully saturated rings. The maximum Gasteiger partial charge on any atom is 0.120 e. The van der Waals surface area contributed by atoms with Gasteiger partial charge < -0.3 is 9.84 Å². The standard InChI is InChI=1S/C16H23ClN2O2/c17-14-3-4-16(20)13(10-14)11-18-5-1-2-15(12-18)19-6-8-21-9-7-19/h3-4,10,15,20H,1-2,5-9,11-12H2/t15-/m0/s1. The number of aromatic hydroxyl groups is 1. The van der Waals surface area contributed by atoms with Crippen LogP contribution in [0.25, 0.3) is 0 Å². The van der Waals surface area contributed by atoms with Gasteiger partial charge in [-0.15, -0.1) is 0 Å². The Hall–Kier alpha value is -0.810. The molecule has 2 aliphatic heterocycles. The number of phenolic OH excluding ortho intramolecular Hbond substituents is 1. The number of morpholine rings is 1. The molecular formula is C16H23ClN2O2. The van der Waals surface area contributed by atoms with E-state index in [2.05, 4.69) is 9.80 Å². The van der Waals surface area contributed by atoms with E-state index in [1.54, 1.807) is 12.1 Å². The van der Waals surface area contributed by atoms with Gasteiger partial charge >= 0.3 is 0 Å². The third-order valence-corrected chi connectivity index (χ3v) is 4.71. The van der Waals surface area contributed by atoms with E-state index in [0.29, 0.717) is 16.8 Å². The van der Waals surface area contributed by atoms with Crippen LogP contribution in [-0.2, 0) is 11.3 Å². The molecule has 1 aromatic rings. The molecule has 1 N–H and O–H groups in total. The van der Waals surface area contributed by atoms with Crippen molar-refractivity contribution in [1.82, 2.24) is 9.80 Å². The predicted octanol–water partition coefficient (Wildman–Crippen LogP) is 2.34. The van der Waals surface area contributed by atoms with Gasteiger partial charge in [-0.1, -0.05) is 11.6 Å². The molecule has 0 aromatic heterocycles. The van der Waals surface area contributed by atoms with E-state index in [-0.39, 0.29) is 0 Å². The van der Waals surface area contributed by atoms with Crippen LogP contribution >= 0.6 is 11.6 Å². The summed E-state index contributed by atoms with van der Waals surface area (Å²) in [5, 5.41) is 10.7. The molecule has 0 spiro atoms. The first kappa shape index (κ1) is 15.1. The van der Waals surface area contributed by atoms with Crippen LogP contribution in [0.2, 0.25) is 5.02 Å². The first-order chi connectivity index (χ1) is 10.2. The molecule has 3 rings (SSSR count). The molecule has 21 heavy (non-hydrogen) atoms. The third-order valence-electron chi connectivity index (χ3n) is 4.48. The van der Waals surface area contributed by atoms with Crippen molar-refractivity contribution in [3.63, 3.8) is 0 Å². The fourth-order valence-corrected chi connectivity index (χ4v) is 3.53. The van der Waals surface area contributed by atoms with Gasteiger partial charge in [0.25, 0.3) is 0 Å². The van der Waals surface area contributed by atoms with Gasteiger partial charge in [0.15, 0.2) is 0 Å². The molecule has 2 heterocycles. The molecule has 0 amide bonds. The van der Waals surface area contributed by atoms with E-state index in [9.17, 15) is 5.11 Å². The van der Waals surface area contributed by atoms with E-state index in [0.717, 1.165) is 51.5 Å². The molecule has 0 bridgehead atoms. The van der Waals surface area contributed by atoms with E-state index in [1.807, 2.05) is 6.07 Å². The first-order valence-corrected chi connectivity index (χ1v) is 8.12. The summed E-state index contributed by atoms with van der Waals surface area (Å²) in [6, 6.07) is 5.90. The molecule has 4 nitrogen and oxygen atoms in total. The van der Waals surface area contributed by atoms with Gasteiger partial charge in [0.2, 0.25) is 0 Å². The molecule has 5 heteroatoms. The Morgan fingerprint density at radius 2 is 2.05 bits per heavy atom. The zero-order chi connectivity index (χ0) is 14.7. The van der Waals surface area contributed by atoms with Gasteiger partial charge in [-0.25, -0.2) is 0 Å². The largest absolute Gasteiger partial charge is 0.508 e. The van der Waals surface area contributed by atoms with Gasteiger partial charge in [-0.2, -0.15) is 0 Å². The van der Waals surface area contributed by atoms with E-state index in [4.69, 9.17) is 16.3 Å². The Balaban J connectivity index is 1.61. The van der Waals surface area contributed by atoms with Crippen LogP contribution in [0.1, 0.15) is 18.4 Å². The van der Waals surface area contributed by atoms with Crippen molar-refractivity contribution < 1.29 is 9.84 Å². The number of nitrogens with zero attached hydrogens (tertiary/aromatic N) is 2. The quantitative estimate of drug-likeness (QED) is 0.929. The molecule has 116 valence electrons. The van der Waals surface area contributed by atoms with Gasteiger partial charge in [-0.3, -0.25) is 9.80 Å². The Kier molecular flexibility index (Phi) is 5.01. The molecule has 2 aliphatic rings. The van der Waals surface area contributed by atoms with Crippen molar-refractivity contribution in [2.24, 2.45) is 0 Å². The average molecular weight is 311 g/mol. The summed E-state index contributed by atoms with van der Waals surface area (Å²) in [6.45, 7) is 6.71. The minimum Gasteiger partial charge on any atom is -0.508 e. The molecule has 1 aromatic carbocycles. The topological polar surface area (TPSA) is 35.9 Å². The Morgan fingerprint density at radius 3 is 2.86 bits per heavy atom. The zero-order valence-corrected chi connectivity index (χ0v) is 13.1. The smallest absolute Gasteiger partial charge is 0.120 e. The Labute approximate surface area is 131 Å². The van der Waals surface area contributed by atoms with Crippen molar-refractivity contribution in [3.8, 4) is 5.75 Å². The fourth-order valence-electron chi connectivity index (χ4n) is 3.34. The molecule has 0 aliphatic carbocycles. The van der Waals surface area contributed by atoms with Crippen molar-refractivity contribution in [2.45, 2.75) is 25.4 Å². The Morgan fingerprint density at radius 1 is 1.24 bits per heavy atom.